The minimum atomic E-state index is -5.72. The Kier molecular flexibility index (Phi) is 7.08. The molecule has 0 aromatic heterocycles. The zero-order chi connectivity index (χ0) is 25.5. The molecule has 0 amide bonds. The van der Waals surface area contributed by atoms with Crippen LogP contribution in [0.2, 0.25) is 0 Å². The molecule has 1 saturated carbocycles. The van der Waals surface area contributed by atoms with Crippen LogP contribution in [0.4, 0.5) is 30.7 Å². The summed E-state index contributed by atoms with van der Waals surface area (Å²) in [5, 5.41) is 0. The van der Waals surface area contributed by atoms with Crippen molar-refractivity contribution in [3.63, 3.8) is 0 Å². The predicted molar refractivity (Wildman–Crippen MR) is 107 cm³/mol. The standard InChI is InChI=1S/C20H18F7NO4S2/c21-13-3-6-17(22)16(11-13)19(33(29,30)15-4-1-12(2-5-15)18(23)24)9-7-14(8-10-19)28-34(31,32)20(25,26)27/h1-6,11,14,18,28H,7-10H2. The van der Waals surface area contributed by atoms with Crippen LogP contribution >= 0.6 is 0 Å². The van der Waals surface area contributed by atoms with Gasteiger partial charge in [-0.2, -0.15) is 13.2 Å². The summed E-state index contributed by atoms with van der Waals surface area (Å²) in [6, 6.07) is 4.27. The van der Waals surface area contributed by atoms with Crippen molar-refractivity contribution in [3.05, 3.63) is 65.2 Å². The molecule has 2 aromatic rings. The van der Waals surface area contributed by atoms with Crippen molar-refractivity contribution in [1.82, 2.24) is 4.72 Å². The third-order valence-electron chi connectivity index (χ3n) is 5.80. The zero-order valence-electron chi connectivity index (χ0n) is 17.1. The number of sulfone groups is 1. The van der Waals surface area contributed by atoms with E-state index in [2.05, 4.69) is 0 Å². The van der Waals surface area contributed by atoms with E-state index in [0.717, 1.165) is 30.3 Å². The lowest BCUT2D eigenvalue weighted by molar-refractivity contribution is -0.0452. The van der Waals surface area contributed by atoms with Crippen LogP contribution in [0.5, 0.6) is 0 Å². The summed E-state index contributed by atoms with van der Waals surface area (Å²) in [7, 11) is -10.3. The molecular weight excluding hydrogens is 515 g/mol. The topological polar surface area (TPSA) is 80.3 Å². The molecule has 0 radical (unpaired) electrons. The van der Waals surface area contributed by atoms with Gasteiger partial charge in [-0.05, 0) is 56.0 Å². The number of rotatable bonds is 6. The third-order valence-corrected chi connectivity index (χ3v) is 9.60. The Balaban J connectivity index is 2.05. The fourth-order valence-corrected chi connectivity index (χ4v) is 7.01. The Hall–Kier alpha value is -2.19. The van der Waals surface area contributed by atoms with E-state index < -0.39 is 95.9 Å². The highest BCUT2D eigenvalue weighted by Gasteiger charge is 2.52. The Labute approximate surface area is 190 Å². The summed E-state index contributed by atoms with van der Waals surface area (Å²) in [6.07, 6.45) is -4.89. The highest BCUT2D eigenvalue weighted by molar-refractivity contribution is 7.92. The van der Waals surface area contributed by atoms with Crippen molar-refractivity contribution in [2.75, 3.05) is 0 Å². The van der Waals surface area contributed by atoms with Crippen molar-refractivity contribution in [2.45, 2.75) is 53.3 Å². The van der Waals surface area contributed by atoms with Crippen molar-refractivity contribution < 1.29 is 47.6 Å². The molecule has 0 unspecified atom stereocenters. The molecule has 3 rings (SSSR count). The lowest BCUT2D eigenvalue weighted by Gasteiger charge is -2.40. The highest BCUT2D eigenvalue weighted by atomic mass is 32.2. The van der Waals surface area contributed by atoms with Gasteiger partial charge in [0.2, 0.25) is 0 Å². The summed E-state index contributed by atoms with van der Waals surface area (Å²) in [6.45, 7) is 0. The average molecular weight is 533 g/mol. The van der Waals surface area contributed by atoms with Crippen LogP contribution < -0.4 is 4.72 Å². The van der Waals surface area contributed by atoms with Crippen LogP contribution in [0.25, 0.3) is 0 Å². The first kappa shape index (κ1) is 26.4. The summed E-state index contributed by atoms with van der Waals surface area (Å²) in [5.74, 6) is -2.07. The maximum atomic E-state index is 14.7. The number of alkyl halides is 5. The second-order valence-corrected chi connectivity index (χ2v) is 11.8. The van der Waals surface area contributed by atoms with E-state index in [1.54, 1.807) is 0 Å². The fraction of sp³-hybridized carbons (Fsp3) is 0.400. The summed E-state index contributed by atoms with van der Waals surface area (Å²) >= 11 is 0. The van der Waals surface area contributed by atoms with E-state index in [0.29, 0.717) is 12.1 Å². The minimum absolute atomic E-state index is 0.445. The lowest BCUT2D eigenvalue weighted by atomic mass is 9.80. The van der Waals surface area contributed by atoms with E-state index in [4.69, 9.17) is 0 Å². The Morgan fingerprint density at radius 3 is 1.97 bits per heavy atom. The molecule has 34 heavy (non-hydrogen) atoms. The normalized spacial score (nSPS) is 22.2. The largest absolute Gasteiger partial charge is 0.511 e. The summed E-state index contributed by atoms with van der Waals surface area (Å²) < 4.78 is 142. The van der Waals surface area contributed by atoms with Gasteiger partial charge in [-0.3, -0.25) is 0 Å². The molecule has 1 aliphatic carbocycles. The summed E-state index contributed by atoms with van der Waals surface area (Å²) in [5.41, 5.74) is -6.65. The number of benzene rings is 2. The van der Waals surface area contributed by atoms with Gasteiger partial charge in [-0.1, -0.05) is 12.1 Å². The molecule has 0 atom stereocenters. The van der Waals surface area contributed by atoms with Gasteiger partial charge in [0.1, 0.15) is 16.4 Å². The minimum Gasteiger partial charge on any atom is -0.223 e. The van der Waals surface area contributed by atoms with Gasteiger partial charge in [-0.25, -0.2) is 39.1 Å². The first-order valence-corrected chi connectivity index (χ1v) is 12.7. The van der Waals surface area contributed by atoms with Crippen LogP contribution in [0.15, 0.2) is 47.4 Å². The number of halogens is 7. The Morgan fingerprint density at radius 2 is 1.47 bits per heavy atom. The molecule has 1 N–H and O–H groups in total. The molecule has 0 saturated heterocycles. The molecule has 5 nitrogen and oxygen atoms in total. The summed E-state index contributed by atoms with van der Waals surface area (Å²) in [4.78, 5) is -0.477. The van der Waals surface area contributed by atoms with Gasteiger partial charge in [0.05, 0.1) is 4.90 Å². The van der Waals surface area contributed by atoms with Gasteiger partial charge in [0.15, 0.2) is 9.84 Å². The van der Waals surface area contributed by atoms with Crippen molar-refractivity contribution in [2.24, 2.45) is 0 Å². The van der Waals surface area contributed by atoms with Gasteiger partial charge >= 0.3 is 15.5 Å². The number of nitrogens with one attached hydrogen (secondary N) is 1. The molecule has 0 aliphatic heterocycles. The van der Waals surface area contributed by atoms with E-state index in [1.807, 2.05) is 0 Å². The molecule has 0 heterocycles. The molecule has 1 fully saturated rings. The highest BCUT2D eigenvalue weighted by Crippen LogP contribution is 2.48. The lowest BCUT2D eigenvalue weighted by Crippen LogP contribution is -2.48. The Bertz CT molecular complexity index is 1250. The van der Waals surface area contributed by atoms with E-state index in [1.165, 1.54) is 4.72 Å². The maximum Gasteiger partial charge on any atom is 0.511 e. The SMILES string of the molecule is O=S(=O)(NC1CCC(c2cc(F)ccc2F)(S(=O)(=O)c2ccc(C(F)F)cc2)CC1)C(F)(F)F. The quantitative estimate of drug-likeness (QED) is 0.533. The first-order chi connectivity index (χ1) is 15.6. The van der Waals surface area contributed by atoms with Crippen molar-refractivity contribution in [1.29, 1.82) is 0 Å². The van der Waals surface area contributed by atoms with E-state index in [-0.39, 0.29) is 0 Å². The molecule has 14 heteroatoms. The van der Waals surface area contributed by atoms with Gasteiger partial charge in [0, 0.05) is 17.2 Å². The number of hydrogen-bond acceptors (Lipinski definition) is 4. The molecule has 1 aliphatic rings. The second-order valence-electron chi connectivity index (χ2n) is 7.83. The molecule has 0 bridgehead atoms. The first-order valence-electron chi connectivity index (χ1n) is 9.77. The smallest absolute Gasteiger partial charge is 0.223 e. The van der Waals surface area contributed by atoms with E-state index >= 15 is 0 Å². The van der Waals surface area contributed by atoms with Crippen LogP contribution in [0, 0.1) is 11.6 Å². The molecule has 0 spiro atoms. The second kappa shape index (κ2) is 9.11. The average Bonchev–Trinajstić information content (AvgIpc) is 2.75. The van der Waals surface area contributed by atoms with E-state index in [9.17, 15) is 47.6 Å². The molecule has 188 valence electrons. The van der Waals surface area contributed by atoms with Crippen LogP contribution in [-0.4, -0.2) is 28.4 Å². The fourth-order valence-electron chi connectivity index (χ4n) is 4.04. The third kappa shape index (κ3) is 4.80. The van der Waals surface area contributed by atoms with Crippen LogP contribution in [0.1, 0.15) is 43.2 Å². The molecular formula is C20H18F7NO4S2. The van der Waals surface area contributed by atoms with Crippen LogP contribution in [0.3, 0.4) is 0 Å². The van der Waals surface area contributed by atoms with Gasteiger partial charge in [-0.15, -0.1) is 0 Å². The Morgan fingerprint density at radius 1 is 0.912 bits per heavy atom. The van der Waals surface area contributed by atoms with Gasteiger partial charge in [0.25, 0.3) is 6.43 Å². The number of sulfonamides is 1. The van der Waals surface area contributed by atoms with Gasteiger partial charge < -0.3 is 0 Å². The van der Waals surface area contributed by atoms with Crippen LogP contribution in [-0.2, 0) is 24.6 Å². The monoisotopic (exact) mass is 533 g/mol. The van der Waals surface area contributed by atoms with Crippen molar-refractivity contribution in [3.8, 4) is 0 Å². The predicted octanol–water partition coefficient (Wildman–Crippen LogP) is 4.95. The maximum absolute atomic E-state index is 14.7. The number of hydrogen-bond donors (Lipinski definition) is 1. The van der Waals surface area contributed by atoms with Crippen molar-refractivity contribution >= 4 is 19.9 Å². The zero-order valence-corrected chi connectivity index (χ0v) is 18.8. The molecule has 2 aromatic carbocycles.